The van der Waals surface area contributed by atoms with Gasteiger partial charge in [-0.25, -0.2) is 24.5 Å². The maximum atomic E-state index is 9.73. The van der Waals surface area contributed by atoms with Crippen molar-refractivity contribution in [3.63, 3.8) is 0 Å². The lowest BCUT2D eigenvalue weighted by Crippen LogP contribution is -2.43. The van der Waals surface area contributed by atoms with Crippen molar-refractivity contribution in [1.29, 1.82) is 5.26 Å². The minimum absolute atomic E-state index is 0.00669. The van der Waals surface area contributed by atoms with E-state index >= 15 is 0 Å². The zero-order valence-corrected chi connectivity index (χ0v) is 22.4. The molecule has 0 spiro atoms. The number of hydrogen-bond donors (Lipinski definition) is 0. The first-order valence-electron chi connectivity index (χ1n) is 13.3. The van der Waals surface area contributed by atoms with Crippen LogP contribution in [0.5, 0.6) is 0 Å². The van der Waals surface area contributed by atoms with E-state index < -0.39 is 0 Å². The van der Waals surface area contributed by atoms with Crippen LogP contribution in [0.3, 0.4) is 0 Å². The Morgan fingerprint density at radius 2 is 1.77 bits per heavy atom. The fraction of sp³-hybridized carbons (Fsp3) is 0.345. The van der Waals surface area contributed by atoms with Crippen LogP contribution in [0.15, 0.2) is 61.6 Å². The predicted octanol–water partition coefficient (Wildman–Crippen LogP) is 4.85. The van der Waals surface area contributed by atoms with Gasteiger partial charge in [0.05, 0.1) is 30.0 Å². The fourth-order valence-corrected chi connectivity index (χ4v) is 5.37. The van der Waals surface area contributed by atoms with Crippen LogP contribution in [-0.4, -0.2) is 52.4 Å². The lowest BCUT2D eigenvalue weighted by molar-refractivity contribution is 0.302. The maximum Gasteiger partial charge on any atom is 0.134 e. The van der Waals surface area contributed by atoms with Crippen molar-refractivity contribution in [2.75, 3.05) is 18.0 Å². The van der Waals surface area contributed by atoms with E-state index in [9.17, 15) is 5.26 Å². The zero-order valence-electron chi connectivity index (χ0n) is 22.4. The number of pyridine rings is 1. The number of aromatic nitrogens is 8. The van der Waals surface area contributed by atoms with E-state index in [2.05, 4.69) is 51.9 Å². The molecule has 196 valence electrons. The van der Waals surface area contributed by atoms with Gasteiger partial charge in [-0.05, 0) is 51.3 Å². The first kappa shape index (κ1) is 24.7. The van der Waals surface area contributed by atoms with Gasteiger partial charge < -0.3 is 4.90 Å². The molecule has 0 aliphatic carbocycles. The summed E-state index contributed by atoms with van der Waals surface area (Å²) < 4.78 is 3.62. The Kier molecular flexibility index (Phi) is 6.27. The van der Waals surface area contributed by atoms with Crippen molar-refractivity contribution in [3.8, 4) is 28.6 Å². The Balaban J connectivity index is 1.30. The average molecular weight is 519 g/mol. The molecule has 5 aromatic rings. The molecular formula is C29H30N10. The number of fused-ring (bicyclic) bond motifs is 1. The lowest BCUT2D eigenvalue weighted by Gasteiger charge is -2.40. The van der Waals surface area contributed by atoms with Crippen molar-refractivity contribution in [2.24, 2.45) is 0 Å². The number of nitriles is 1. The number of hydrogen-bond acceptors (Lipinski definition) is 8. The van der Waals surface area contributed by atoms with E-state index in [-0.39, 0.29) is 11.5 Å². The summed E-state index contributed by atoms with van der Waals surface area (Å²) in [5.74, 6) is 1.87. The molecule has 0 aromatic carbocycles. The minimum atomic E-state index is 0.00669. The van der Waals surface area contributed by atoms with Crippen LogP contribution < -0.4 is 4.90 Å². The molecule has 1 aliphatic heterocycles. The molecule has 1 aliphatic rings. The highest BCUT2D eigenvalue weighted by molar-refractivity contribution is 5.83. The molecule has 10 heteroatoms. The molecule has 0 bridgehead atoms. The number of piperidine rings is 1. The second kappa shape index (κ2) is 9.91. The first-order chi connectivity index (χ1) is 19.0. The van der Waals surface area contributed by atoms with E-state index in [1.165, 1.54) is 0 Å². The summed E-state index contributed by atoms with van der Waals surface area (Å²) in [5, 5.41) is 18.6. The topological polar surface area (TPSA) is 114 Å². The smallest absolute Gasteiger partial charge is 0.134 e. The van der Waals surface area contributed by atoms with Gasteiger partial charge >= 0.3 is 0 Å². The third-order valence-electron chi connectivity index (χ3n) is 7.83. The molecule has 6 heterocycles. The number of anilines is 1. The average Bonchev–Trinajstić information content (AvgIpc) is 3.65. The first-order valence-corrected chi connectivity index (χ1v) is 13.3. The van der Waals surface area contributed by atoms with Gasteiger partial charge in [-0.2, -0.15) is 15.5 Å². The van der Waals surface area contributed by atoms with Gasteiger partial charge in [0.25, 0.3) is 0 Å². The van der Waals surface area contributed by atoms with Crippen molar-refractivity contribution in [3.05, 3.63) is 73.0 Å². The Morgan fingerprint density at radius 3 is 2.41 bits per heavy atom. The quantitative estimate of drug-likeness (QED) is 0.314. The Morgan fingerprint density at radius 1 is 0.974 bits per heavy atom. The molecule has 0 unspecified atom stereocenters. The molecular weight excluding hydrogens is 488 g/mol. The molecule has 0 radical (unpaired) electrons. The minimum Gasteiger partial charge on any atom is -0.357 e. The van der Waals surface area contributed by atoms with Crippen LogP contribution >= 0.6 is 0 Å². The molecule has 39 heavy (non-hydrogen) atoms. The summed E-state index contributed by atoms with van der Waals surface area (Å²) >= 11 is 0. The van der Waals surface area contributed by atoms with E-state index in [1.54, 1.807) is 16.9 Å². The summed E-state index contributed by atoms with van der Waals surface area (Å²) in [5.41, 5.74) is 4.27. The number of nitrogens with zero attached hydrogens (tertiary/aromatic N) is 10. The van der Waals surface area contributed by atoms with Crippen LogP contribution in [0.1, 0.15) is 57.5 Å². The third kappa shape index (κ3) is 4.40. The molecule has 1 saturated heterocycles. The molecule has 0 amide bonds. The molecule has 5 aromatic heterocycles. The van der Waals surface area contributed by atoms with Crippen molar-refractivity contribution >= 4 is 11.3 Å². The monoisotopic (exact) mass is 518 g/mol. The Bertz CT molecular complexity index is 1640. The van der Waals surface area contributed by atoms with Gasteiger partial charge in [-0.1, -0.05) is 6.92 Å². The summed E-state index contributed by atoms with van der Waals surface area (Å²) in [7, 11) is 0. The van der Waals surface area contributed by atoms with E-state index in [4.69, 9.17) is 9.97 Å². The molecule has 0 saturated carbocycles. The molecule has 0 atom stereocenters. The zero-order chi connectivity index (χ0) is 27.0. The highest BCUT2D eigenvalue weighted by Gasteiger charge is 2.37. The van der Waals surface area contributed by atoms with Gasteiger partial charge in [0, 0.05) is 60.5 Å². The maximum absolute atomic E-state index is 9.73. The second-order valence-corrected chi connectivity index (χ2v) is 10.3. The summed E-state index contributed by atoms with van der Waals surface area (Å²) in [4.78, 5) is 21.3. The highest BCUT2D eigenvalue weighted by Crippen LogP contribution is 2.38. The molecule has 6 rings (SSSR count). The Labute approximate surface area is 227 Å². The molecule has 10 nitrogen and oxygen atoms in total. The van der Waals surface area contributed by atoms with Crippen LogP contribution in [0.2, 0.25) is 0 Å². The van der Waals surface area contributed by atoms with Crippen molar-refractivity contribution in [1.82, 2.24) is 39.3 Å². The van der Waals surface area contributed by atoms with Crippen LogP contribution in [0.4, 0.5) is 5.82 Å². The van der Waals surface area contributed by atoms with Gasteiger partial charge in [0.2, 0.25) is 0 Å². The van der Waals surface area contributed by atoms with Gasteiger partial charge in [-0.3, -0.25) is 4.68 Å². The molecule has 0 N–H and O–H groups in total. The van der Waals surface area contributed by atoms with Crippen LogP contribution in [0, 0.1) is 11.3 Å². The third-order valence-corrected chi connectivity index (χ3v) is 7.83. The SMILES string of the molecule is CCC1(c2ncccn2)CCN(c2ccc(-c3nc(-c4cnn(C(C)C)c4)cn4ncc(C#N)c34)cn2)CC1. The lowest BCUT2D eigenvalue weighted by atomic mass is 9.75. The molecule has 1 fully saturated rings. The fourth-order valence-electron chi connectivity index (χ4n) is 5.37. The van der Waals surface area contributed by atoms with Crippen molar-refractivity contribution in [2.45, 2.75) is 51.5 Å². The van der Waals surface area contributed by atoms with E-state index in [1.807, 2.05) is 53.9 Å². The predicted molar refractivity (Wildman–Crippen MR) is 148 cm³/mol. The van der Waals surface area contributed by atoms with Gasteiger partial charge in [0.15, 0.2) is 0 Å². The normalized spacial score (nSPS) is 15.1. The second-order valence-electron chi connectivity index (χ2n) is 10.3. The highest BCUT2D eigenvalue weighted by atomic mass is 15.3. The largest absolute Gasteiger partial charge is 0.357 e. The van der Waals surface area contributed by atoms with Crippen molar-refractivity contribution < 1.29 is 0 Å². The van der Waals surface area contributed by atoms with Crippen LogP contribution in [0.25, 0.3) is 28.0 Å². The summed E-state index contributed by atoms with van der Waals surface area (Å²) in [6.07, 6.45) is 15.7. The van der Waals surface area contributed by atoms with Crippen LogP contribution in [-0.2, 0) is 5.41 Å². The summed E-state index contributed by atoms with van der Waals surface area (Å²) in [6.45, 7) is 8.16. The van der Waals surface area contributed by atoms with Gasteiger partial charge in [0.1, 0.15) is 28.8 Å². The van der Waals surface area contributed by atoms with Gasteiger partial charge in [-0.15, -0.1) is 0 Å². The number of rotatable bonds is 6. The van der Waals surface area contributed by atoms with E-state index in [0.29, 0.717) is 16.8 Å². The standard InChI is InChI=1S/C29H30N10/c1-4-29(28-31-10-5-11-32-28)8-12-37(13-9-29)25-7-6-21(15-33-25)26-27-22(14-30)16-35-39(27)19-24(36-26)23-17-34-38(18-23)20(2)3/h5-7,10-11,15-20H,4,8-9,12-13H2,1-3H3. The summed E-state index contributed by atoms with van der Waals surface area (Å²) in [6, 6.07) is 8.43. The Hall–Kier alpha value is -4.65. The van der Waals surface area contributed by atoms with E-state index in [0.717, 1.165) is 60.8 Å².